The number of amides is 1. The summed E-state index contributed by atoms with van der Waals surface area (Å²) in [7, 11) is 0. The number of unbranched alkanes of at least 4 members (excludes halogenated alkanes) is 1. The molecule has 0 saturated carbocycles. The van der Waals surface area contributed by atoms with Crippen LogP contribution < -0.4 is 5.32 Å². The lowest BCUT2D eigenvalue weighted by Crippen LogP contribution is -2.11. The number of rotatable bonds is 7. The Hall–Kier alpha value is -4.44. The smallest absolute Gasteiger partial charge is 0.224 e. The van der Waals surface area contributed by atoms with E-state index in [0.29, 0.717) is 29.3 Å². The maximum absolute atomic E-state index is 12.2. The molecule has 1 amide bonds. The van der Waals surface area contributed by atoms with E-state index in [0.717, 1.165) is 51.0 Å². The summed E-state index contributed by atoms with van der Waals surface area (Å²) >= 11 is 1.63. The maximum Gasteiger partial charge on any atom is 0.224 e. The number of fused-ring (bicyclic) bond motifs is 2. The molecule has 3 N–H and O–H groups in total. The summed E-state index contributed by atoms with van der Waals surface area (Å²) in [4.78, 5) is 34.9. The van der Waals surface area contributed by atoms with E-state index < -0.39 is 0 Å². The Morgan fingerprint density at radius 1 is 1.08 bits per heavy atom. The molecular formula is C26H22N8OS. The number of carbonyl (C=O) groups is 1. The number of H-pyrrole nitrogens is 2. The minimum atomic E-state index is -0.0113. The number of nitrogens with zero attached hydrogens (tertiary/aromatic N) is 5. The van der Waals surface area contributed by atoms with Crippen LogP contribution in [0, 0.1) is 0 Å². The van der Waals surface area contributed by atoms with Crippen LogP contribution in [0.5, 0.6) is 0 Å². The lowest BCUT2D eigenvalue weighted by atomic mass is 10.1. The third kappa shape index (κ3) is 4.11. The zero-order valence-electron chi connectivity index (χ0n) is 19.4. The lowest BCUT2D eigenvalue weighted by molar-refractivity contribution is -0.116. The van der Waals surface area contributed by atoms with Gasteiger partial charge in [-0.2, -0.15) is 5.10 Å². The molecule has 6 heterocycles. The Morgan fingerprint density at radius 2 is 2.00 bits per heavy atom. The molecule has 0 aromatic carbocycles. The number of carbonyl (C=O) groups excluding carboxylic acids is 1. The van der Waals surface area contributed by atoms with Crippen LogP contribution in [-0.2, 0) is 4.79 Å². The van der Waals surface area contributed by atoms with Crippen molar-refractivity contribution in [3.63, 3.8) is 0 Å². The van der Waals surface area contributed by atoms with Gasteiger partial charge in [0.2, 0.25) is 5.91 Å². The van der Waals surface area contributed by atoms with Gasteiger partial charge in [0.15, 0.2) is 11.5 Å². The number of nitrogens with one attached hydrogen (secondary N) is 3. The average Bonchev–Trinajstić information content (AvgIpc) is 3.66. The molecule has 6 aromatic rings. The van der Waals surface area contributed by atoms with Crippen molar-refractivity contribution in [2.24, 2.45) is 0 Å². The molecule has 9 nitrogen and oxygen atoms in total. The van der Waals surface area contributed by atoms with E-state index >= 15 is 0 Å². The topological polar surface area (TPSA) is 125 Å². The quantitative estimate of drug-likeness (QED) is 0.257. The molecule has 0 aliphatic heterocycles. The molecule has 0 unspecified atom stereocenters. The van der Waals surface area contributed by atoms with E-state index in [1.54, 1.807) is 36.1 Å². The van der Waals surface area contributed by atoms with Crippen molar-refractivity contribution in [1.29, 1.82) is 0 Å². The Kier molecular flexibility index (Phi) is 5.70. The van der Waals surface area contributed by atoms with Crippen molar-refractivity contribution in [3.05, 3.63) is 60.5 Å². The lowest BCUT2D eigenvalue weighted by Gasteiger charge is -2.07. The Labute approximate surface area is 210 Å². The summed E-state index contributed by atoms with van der Waals surface area (Å²) < 4.78 is 0. The summed E-state index contributed by atoms with van der Waals surface area (Å²) in [6.07, 6.45) is 9.27. The number of anilines is 1. The van der Waals surface area contributed by atoms with Gasteiger partial charge in [0, 0.05) is 36.1 Å². The normalized spacial score (nSPS) is 11.4. The largest absolute Gasteiger partial charge is 0.336 e. The van der Waals surface area contributed by atoms with Crippen LogP contribution in [0.2, 0.25) is 0 Å². The highest BCUT2D eigenvalue weighted by molar-refractivity contribution is 7.13. The van der Waals surface area contributed by atoms with Crippen LogP contribution in [0.1, 0.15) is 26.2 Å². The van der Waals surface area contributed by atoms with Crippen molar-refractivity contribution in [1.82, 2.24) is 35.1 Å². The summed E-state index contributed by atoms with van der Waals surface area (Å²) in [6, 6.07) is 9.86. The predicted molar refractivity (Wildman–Crippen MR) is 141 cm³/mol. The molecule has 0 spiro atoms. The number of hydrogen-bond donors (Lipinski definition) is 3. The average molecular weight is 495 g/mol. The maximum atomic E-state index is 12.2. The molecule has 0 aliphatic rings. The molecule has 6 rings (SSSR count). The molecule has 0 fully saturated rings. The second kappa shape index (κ2) is 9.31. The standard InChI is InChI=1S/C26H22N8OS/c1-2-3-6-21(35)30-17-10-15(12-27-14-17)16-11-18-22(33-34-25(18)29-13-16)26-31-19-7-8-28-24(23(19)32-26)20-5-4-9-36-20/h4-5,7-14H,2-3,6H2,1H3,(H,30,35)(H,31,32)(H,29,33,34). The highest BCUT2D eigenvalue weighted by Gasteiger charge is 2.17. The Balaban J connectivity index is 1.37. The fourth-order valence-electron chi connectivity index (χ4n) is 4.11. The van der Waals surface area contributed by atoms with Gasteiger partial charge in [0.25, 0.3) is 0 Å². The van der Waals surface area contributed by atoms with Gasteiger partial charge in [-0.25, -0.2) is 9.97 Å². The first kappa shape index (κ1) is 22.1. The van der Waals surface area contributed by atoms with Crippen molar-refractivity contribution in [2.75, 3.05) is 5.32 Å². The van der Waals surface area contributed by atoms with Gasteiger partial charge in [-0.1, -0.05) is 19.4 Å². The number of pyridine rings is 3. The Bertz CT molecular complexity index is 1690. The van der Waals surface area contributed by atoms with E-state index in [4.69, 9.17) is 4.98 Å². The zero-order valence-corrected chi connectivity index (χ0v) is 20.3. The summed E-state index contributed by atoms with van der Waals surface area (Å²) in [6.45, 7) is 2.06. The van der Waals surface area contributed by atoms with E-state index in [2.05, 4.69) is 42.4 Å². The molecule has 10 heteroatoms. The molecule has 0 bridgehead atoms. The molecule has 178 valence electrons. The number of hydrogen-bond acceptors (Lipinski definition) is 7. The van der Waals surface area contributed by atoms with Crippen molar-refractivity contribution >= 4 is 45.0 Å². The monoisotopic (exact) mass is 494 g/mol. The van der Waals surface area contributed by atoms with Crippen LogP contribution in [0.15, 0.2) is 60.5 Å². The summed E-state index contributed by atoms with van der Waals surface area (Å²) in [5, 5.41) is 13.3. The number of aromatic amines is 2. The van der Waals surface area contributed by atoms with Gasteiger partial charge in [0.05, 0.1) is 27.7 Å². The van der Waals surface area contributed by atoms with Crippen LogP contribution in [-0.4, -0.2) is 41.0 Å². The number of imidazole rings is 1. The van der Waals surface area contributed by atoms with Crippen LogP contribution in [0.25, 0.3) is 55.3 Å². The van der Waals surface area contributed by atoms with E-state index in [9.17, 15) is 4.79 Å². The van der Waals surface area contributed by atoms with Gasteiger partial charge in [-0.15, -0.1) is 11.3 Å². The van der Waals surface area contributed by atoms with Crippen molar-refractivity contribution in [3.8, 4) is 33.2 Å². The first-order valence-electron chi connectivity index (χ1n) is 11.7. The fourth-order valence-corrected chi connectivity index (χ4v) is 4.83. The third-order valence-electron chi connectivity index (χ3n) is 5.91. The molecule has 0 saturated heterocycles. The highest BCUT2D eigenvalue weighted by atomic mass is 32.1. The Morgan fingerprint density at radius 3 is 2.86 bits per heavy atom. The van der Waals surface area contributed by atoms with E-state index in [-0.39, 0.29) is 5.91 Å². The molecule has 0 aliphatic carbocycles. The first-order chi connectivity index (χ1) is 17.7. The fraction of sp³-hybridized carbons (Fsp3) is 0.154. The zero-order chi connectivity index (χ0) is 24.5. The minimum Gasteiger partial charge on any atom is -0.336 e. The van der Waals surface area contributed by atoms with Gasteiger partial charge < -0.3 is 10.3 Å². The van der Waals surface area contributed by atoms with Crippen LogP contribution >= 0.6 is 11.3 Å². The number of thiophene rings is 1. The van der Waals surface area contributed by atoms with Crippen molar-refractivity contribution in [2.45, 2.75) is 26.2 Å². The number of aromatic nitrogens is 7. The molecular weight excluding hydrogens is 472 g/mol. The first-order valence-corrected chi connectivity index (χ1v) is 12.6. The van der Waals surface area contributed by atoms with Crippen LogP contribution in [0.3, 0.4) is 0 Å². The van der Waals surface area contributed by atoms with Gasteiger partial charge in [0.1, 0.15) is 16.9 Å². The third-order valence-corrected chi connectivity index (χ3v) is 6.79. The molecule has 6 aromatic heterocycles. The van der Waals surface area contributed by atoms with Gasteiger partial charge in [-0.3, -0.25) is 19.9 Å². The van der Waals surface area contributed by atoms with Crippen molar-refractivity contribution < 1.29 is 4.79 Å². The molecule has 36 heavy (non-hydrogen) atoms. The summed E-state index contributed by atoms with van der Waals surface area (Å²) in [5.41, 5.74) is 6.22. The minimum absolute atomic E-state index is 0.0113. The molecule has 0 atom stereocenters. The van der Waals surface area contributed by atoms with Crippen LogP contribution in [0.4, 0.5) is 5.69 Å². The van der Waals surface area contributed by atoms with Gasteiger partial charge >= 0.3 is 0 Å². The highest BCUT2D eigenvalue weighted by Crippen LogP contribution is 2.33. The van der Waals surface area contributed by atoms with E-state index in [1.165, 1.54) is 0 Å². The predicted octanol–water partition coefficient (Wildman–Crippen LogP) is 5.82. The van der Waals surface area contributed by atoms with E-state index in [1.807, 2.05) is 35.7 Å². The van der Waals surface area contributed by atoms with Gasteiger partial charge in [-0.05, 0) is 36.1 Å². The summed E-state index contributed by atoms with van der Waals surface area (Å²) in [5.74, 6) is 0.624. The second-order valence-corrected chi connectivity index (χ2v) is 9.37. The SMILES string of the molecule is CCCCC(=O)Nc1cncc(-c2cnc3[nH]nc(-c4nc5c(-c6cccs6)nccc5[nH]4)c3c2)c1. The second-order valence-electron chi connectivity index (χ2n) is 8.42. The molecule has 0 radical (unpaired) electrons.